The van der Waals surface area contributed by atoms with E-state index in [-0.39, 0.29) is 24.2 Å². The van der Waals surface area contributed by atoms with Crippen LogP contribution in [0.3, 0.4) is 0 Å². The van der Waals surface area contributed by atoms with E-state index in [4.69, 9.17) is 0 Å². The van der Waals surface area contributed by atoms with E-state index in [1.54, 1.807) is 43.5 Å². The van der Waals surface area contributed by atoms with Crippen molar-refractivity contribution in [2.75, 3.05) is 0 Å². The van der Waals surface area contributed by atoms with Gasteiger partial charge in [-0.05, 0) is 46.8 Å². The van der Waals surface area contributed by atoms with Crippen LogP contribution in [0.2, 0.25) is 0 Å². The molecule has 2 aromatic heterocycles. The number of sulfonamides is 1. The number of thiophene rings is 1. The third-order valence-corrected chi connectivity index (χ3v) is 6.19. The standard InChI is InChI=1S/C17H20N6O3S2/c1-12(2)20-28(25,26)10-14-6-4-3-5-13(14)9-18-17(24)16-15(7-8-27-16)23-11-19-21-22-23/h3-8,11-12,20H,9-10H2,1-2H3,(H,18,24). The predicted octanol–water partition coefficient (Wildman–Crippen LogP) is 1.48. The van der Waals surface area contributed by atoms with E-state index in [0.717, 1.165) is 5.56 Å². The summed E-state index contributed by atoms with van der Waals surface area (Å²) in [6, 6.07) is 8.72. The SMILES string of the molecule is CC(C)NS(=O)(=O)Cc1ccccc1CNC(=O)c1sccc1-n1cnnn1. The summed E-state index contributed by atoms with van der Waals surface area (Å²) in [7, 11) is -3.46. The number of tetrazole rings is 1. The van der Waals surface area contributed by atoms with Crippen LogP contribution in [-0.4, -0.2) is 40.6 Å². The van der Waals surface area contributed by atoms with Crippen molar-refractivity contribution in [1.82, 2.24) is 30.2 Å². The molecular formula is C17H20N6O3S2. The largest absolute Gasteiger partial charge is 0.347 e. The van der Waals surface area contributed by atoms with Crippen LogP contribution in [0, 0.1) is 0 Å². The summed E-state index contributed by atoms with van der Waals surface area (Å²) in [6.07, 6.45) is 1.42. The number of rotatable bonds is 8. The molecule has 0 aliphatic rings. The summed E-state index contributed by atoms with van der Waals surface area (Å²) < 4.78 is 28.5. The summed E-state index contributed by atoms with van der Waals surface area (Å²) >= 11 is 1.28. The minimum absolute atomic E-state index is 0.147. The Labute approximate surface area is 166 Å². The quantitative estimate of drug-likeness (QED) is 0.570. The molecule has 3 rings (SSSR count). The minimum Gasteiger partial charge on any atom is -0.347 e. The zero-order chi connectivity index (χ0) is 20.1. The smallest absolute Gasteiger partial charge is 0.263 e. The van der Waals surface area contributed by atoms with E-state index in [2.05, 4.69) is 25.6 Å². The highest BCUT2D eigenvalue weighted by atomic mass is 32.2. The fourth-order valence-electron chi connectivity index (χ4n) is 2.66. The summed E-state index contributed by atoms with van der Waals surface area (Å²) in [5.74, 6) is -0.426. The summed E-state index contributed by atoms with van der Waals surface area (Å²) in [5.41, 5.74) is 1.97. The molecule has 0 radical (unpaired) electrons. The van der Waals surface area contributed by atoms with Crippen LogP contribution in [0.1, 0.15) is 34.6 Å². The molecule has 0 bridgehead atoms. The van der Waals surface area contributed by atoms with Gasteiger partial charge in [0.25, 0.3) is 5.91 Å². The maximum atomic E-state index is 12.6. The number of nitrogens with one attached hydrogen (secondary N) is 2. The monoisotopic (exact) mass is 420 g/mol. The first-order valence-electron chi connectivity index (χ1n) is 8.51. The summed E-state index contributed by atoms with van der Waals surface area (Å²) in [6.45, 7) is 3.75. The van der Waals surface area contributed by atoms with Gasteiger partial charge in [0.1, 0.15) is 11.2 Å². The van der Waals surface area contributed by atoms with Crippen molar-refractivity contribution >= 4 is 27.3 Å². The lowest BCUT2D eigenvalue weighted by atomic mass is 10.1. The molecule has 11 heteroatoms. The maximum absolute atomic E-state index is 12.6. The molecular weight excluding hydrogens is 400 g/mol. The van der Waals surface area contributed by atoms with Gasteiger partial charge < -0.3 is 5.32 Å². The van der Waals surface area contributed by atoms with E-state index in [0.29, 0.717) is 16.1 Å². The van der Waals surface area contributed by atoms with Gasteiger partial charge in [0.2, 0.25) is 10.0 Å². The van der Waals surface area contributed by atoms with Crippen molar-refractivity contribution < 1.29 is 13.2 Å². The number of aromatic nitrogens is 4. The number of amides is 1. The Morgan fingerprint density at radius 1 is 1.21 bits per heavy atom. The van der Waals surface area contributed by atoms with Gasteiger partial charge in [-0.1, -0.05) is 24.3 Å². The number of carbonyl (C=O) groups is 1. The Bertz CT molecular complexity index is 1040. The Balaban J connectivity index is 1.72. The lowest BCUT2D eigenvalue weighted by molar-refractivity contribution is 0.0955. The molecule has 0 unspecified atom stereocenters. The second kappa shape index (κ2) is 8.59. The Morgan fingerprint density at radius 3 is 2.64 bits per heavy atom. The zero-order valence-electron chi connectivity index (χ0n) is 15.4. The van der Waals surface area contributed by atoms with Crippen molar-refractivity contribution in [2.45, 2.75) is 32.2 Å². The Hall–Kier alpha value is -2.63. The number of carbonyl (C=O) groups excluding carboxylic acids is 1. The van der Waals surface area contributed by atoms with E-state index in [1.165, 1.54) is 22.3 Å². The van der Waals surface area contributed by atoms with Crippen LogP contribution >= 0.6 is 11.3 Å². The second-order valence-electron chi connectivity index (χ2n) is 6.37. The van der Waals surface area contributed by atoms with Crippen LogP contribution in [0.25, 0.3) is 5.69 Å². The topological polar surface area (TPSA) is 119 Å². The fourth-order valence-corrected chi connectivity index (χ4v) is 4.94. The average molecular weight is 421 g/mol. The molecule has 28 heavy (non-hydrogen) atoms. The Kier molecular flexibility index (Phi) is 6.17. The zero-order valence-corrected chi connectivity index (χ0v) is 17.0. The van der Waals surface area contributed by atoms with Crippen molar-refractivity contribution in [3.63, 3.8) is 0 Å². The third kappa shape index (κ3) is 5.00. The van der Waals surface area contributed by atoms with Crippen LogP contribution in [0.5, 0.6) is 0 Å². The van der Waals surface area contributed by atoms with Crippen LogP contribution in [0.15, 0.2) is 42.0 Å². The van der Waals surface area contributed by atoms with E-state index >= 15 is 0 Å². The summed E-state index contributed by atoms with van der Waals surface area (Å²) in [4.78, 5) is 13.1. The molecule has 3 aromatic rings. The highest BCUT2D eigenvalue weighted by Crippen LogP contribution is 2.20. The van der Waals surface area contributed by atoms with E-state index < -0.39 is 10.0 Å². The van der Waals surface area contributed by atoms with Gasteiger partial charge in [0.15, 0.2) is 0 Å². The lowest BCUT2D eigenvalue weighted by Gasteiger charge is -2.13. The molecule has 1 aromatic carbocycles. The highest BCUT2D eigenvalue weighted by Gasteiger charge is 2.18. The molecule has 0 fully saturated rings. The van der Waals surface area contributed by atoms with Crippen molar-refractivity contribution in [3.05, 3.63) is 58.0 Å². The molecule has 0 saturated carbocycles. The van der Waals surface area contributed by atoms with Gasteiger partial charge >= 0.3 is 0 Å². The molecule has 0 saturated heterocycles. The molecule has 0 spiro atoms. The van der Waals surface area contributed by atoms with Gasteiger partial charge in [-0.15, -0.1) is 16.4 Å². The van der Waals surface area contributed by atoms with Gasteiger partial charge in [0, 0.05) is 12.6 Å². The molecule has 0 atom stereocenters. The maximum Gasteiger partial charge on any atom is 0.263 e. The fraction of sp³-hybridized carbons (Fsp3) is 0.294. The van der Waals surface area contributed by atoms with Gasteiger partial charge in [-0.3, -0.25) is 4.79 Å². The number of benzene rings is 1. The first-order valence-corrected chi connectivity index (χ1v) is 11.0. The van der Waals surface area contributed by atoms with Crippen LogP contribution in [-0.2, 0) is 22.3 Å². The minimum atomic E-state index is -3.46. The second-order valence-corrected chi connectivity index (χ2v) is 9.04. The van der Waals surface area contributed by atoms with Crippen molar-refractivity contribution in [3.8, 4) is 5.69 Å². The predicted molar refractivity (Wildman–Crippen MR) is 106 cm³/mol. The molecule has 0 aliphatic heterocycles. The van der Waals surface area contributed by atoms with Gasteiger partial charge in [-0.25, -0.2) is 13.1 Å². The normalized spacial score (nSPS) is 11.7. The molecule has 2 heterocycles. The number of hydrogen-bond donors (Lipinski definition) is 2. The van der Waals surface area contributed by atoms with Crippen LogP contribution in [0.4, 0.5) is 0 Å². The lowest BCUT2D eigenvalue weighted by Crippen LogP contribution is -2.32. The highest BCUT2D eigenvalue weighted by molar-refractivity contribution is 7.88. The Morgan fingerprint density at radius 2 is 1.96 bits per heavy atom. The van der Waals surface area contributed by atoms with Crippen molar-refractivity contribution in [2.24, 2.45) is 0 Å². The van der Waals surface area contributed by atoms with Gasteiger partial charge in [0.05, 0.1) is 11.4 Å². The molecule has 0 aliphatic carbocycles. The van der Waals surface area contributed by atoms with E-state index in [9.17, 15) is 13.2 Å². The molecule has 1 amide bonds. The van der Waals surface area contributed by atoms with Crippen LogP contribution < -0.4 is 10.0 Å². The first-order chi connectivity index (χ1) is 13.4. The molecule has 2 N–H and O–H groups in total. The third-order valence-electron chi connectivity index (χ3n) is 3.77. The van der Waals surface area contributed by atoms with E-state index in [1.807, 2.05) is 6.07 Å². The number of nitrogens with zero attached hydrogens (tertiary/aromatic N) is 4. The van der Waals surface area contributed by atoms with Crippen molar-refractivity contribution in [1.29, 1.82) is 0 Å². The van der Waals surface area contributed by atoms with Gasteiger partial charge in [-0.2, -0.15) is 4.68 Å². The first kappa shape index (κ1) is 20.1. The molecule has 9 nitrogen and oxygen atoms in total. The number of hydrogen-bond acceptors (Lipinski definition) is 7. The average Bonchev–Trinajstić information content (AvgIpc) is 3.30. The molecule has 148 valence electrons. The summed E-state index contributed by atoms with van der Waals surface area (Å²) in [5, 5.41) is 15.6.